The van der Waals surface area contributed by atoms with E-state index in [1.807, 2.05) is 0 Å². The van der Waals surface area contributed by atoms with Crippen LogP contribution in [0.15, 0.2) is 231 Å². The first-order valence-corrected chi connectivity index (χ1v) is 28.3. The summed E-state index contributed by atoms with van der Waals surface area (Å²) in [5, 5.41) is 9.95. The van der Waals surface area contributed by atoms with Crippen LogP contribution in [0.1, 0.15) is 63.8 Å². The van der Waals surface area contributed by atoms with Gasteiger partial charge in [-0.05, 0) is 131 Å². The van der Waals surface area contributed by atoms with Crippen LogP contribution in [0.25, 0.3) is 98.4 Å². The fourth-order valence-electron chi connectivity index (χ4n) is 13.3. The molecule has 4 heterocycles. The summed E-state index contributed by atoms with van der Waals surface area (Å²) < 4.78 is 5.13. The zero-order chi connectivity index (χ0) is 54.3. The summed E-state index contributed by atoms with van der Waals surface area (Å²) in [5.41, 5.74) is 24.0. The SMILES string of the molecule is Cc1ccc(-c2ccccc2)c(N(c2ccc(C(C)(C)C)cc2)c2ccc3c4cc5c(cc4n4c6ccccc6c2c34)c2ccc(N(c3ccc(C(C)(C)C)cc3)c3cc(C)ccc3-c3ccccc3)c3c4ccccc4n5c23)c1. The zero-order valence-corrected chi connectivity index (χ0v) is 46.7. The van der Waals surface area contributed by atoms with E-state index in [1.165, 1.54) is 121 Å². The lowest BCUT2D eigenvalue weighted by Gasteiger charge is -2.30. The molecule has 0 saturated carbocycles. The number of hydrogen-bond acceptors (Lipinski definition) is 2. The van der Waals surface area contributed by atoms with E-state index < -0.39 is 0 Å². The highest BCUT2D eigenvalue weighted by Gasteiger charge is 2.30. The van der Waals surface area contributed by atoms with Crippen LogP contribution in [0, 0.1) is 13.8 Å². The van der Waals surface area contributed by atoms with Gasteiger partial charge in [0, 0.05) is 65.6 Å². The van der Waals surface area contributed by atoms with Crippen LogP contribution in [-0.4, -0.2) is 8.80 Å². The maximum Gasteiger partial charge on any atom is 0.0641 e. The van der Waals surface area contributed by atoms with Crippen LogP contribution < -0.4 is 9.80 Å². The van der Waals surface area contributed by atoms with E-state index in [0.717, 1.165) is 34.1 Å². The number of para-hydroxylation sites is 2. The molecule has 0 amide bonds. The van der Waals surface area contributed by atoms with Crippen LogP contribution in [0.4, 0.5) is 34.1 Å². The van der Waals surface area contributed by atoms with Crippen molar-refractivity contribution in [3.63, 3.8) is 0 Å². The zero-order valence-electron chi connectivity index (χ0n) is 46.7. The van der Waals surface area contributed by atoms with Crippen molar-refractivity contribution in [2.75, 3.05) is 9.80 Å². The van der Waals surface area contributed by atoms with Gasteiger partial charge in [-0.3, -0.25) is 0 Å². The number of anilines is 6. The van der Waals surface area contributed by atoms with Crippen molar-refractivity contribution in [3.05, 3.63) is 253 Å². The second-order valence-electron chi connectivity index (χ2n) is 24.3. The van der Waals surface area contributed by atoms with Crippen LogP contribution in [-0.2, 0) is 10.8 Å². The lowest BCUT2D eigenvalue weighted by molar-refractivity contribution is 0.590. The van der Waals surface area contributed by atoms with E-state index in [2.05, 4.69) is 305 Å². The molecule has 0 aliphatic carbocycles. The van der Waals surface area contributed by atoms with Crippen LogP contribution in [0.3, 0.4) is 0 Å². The summed E-state index contributed by atoms with van der Waals surface area (Å²) in [4.78, 5) is 5.05. The van der Waals surface area contributed by atoms with Gasteiger partial charge in [0.1, 0.15) is 0 Å². The van der Waals surface area contributed by atoms with Crippen molar-refractivity contribution >= 4 is 110 Å². The van der Waals surface area contributed by atoms with Gasteiger partial charge in [-0.2, -0.15) is 0 Å². The molecule has 0 unspecified atom stereocenters. The smallest absolute Gasteiger partial charge is 0.0641 e. The van der Waals surface area contributed by atoms with Crippen molar-refractivity contribution in [1.29, 1.82) is 0 Å². The Morgan fingerprint density at radius 2 is 0.675 bits per heavy atom. The molecule has 0 aliphatic rings. The minimum absolute atomic E-state index is 0.0176. The molecule has 0 radical (unpaired) electrons. The second kappa shape index (κ2) is 17.6. The Balaban J connectivity index is 1.00. The molecule has 0 bridgehead atoms. The van der Waals surface area contributed by atoms with Gasteiger partial charge >= 0.3 is 0 Å². The number of nitrogens with zero attached hydrogens (tertiary/aromatic N) is 4. The highest BCUT2D eigenvalue weighted by molar-refractivity contribution is 6.32. The highest BCUT2D eigenvalue weighted by atomic mass is 15.2. The third-order valence-electron chi connectivity index (χ3n) is 17.2. The Bertz CT molecular complexity index is 4580. The molecule has 11 aromatic carbocycles. The second-order valence-corrected chi connectivity index (χ2v) is 24.3. The molecule has 0 N–H and O–H groups in total. The average Bonchev–Trinajstić information content (AvgIpc) is 4.15. The van der Waals surface area contributed by atoms with Gasteiger partial charge in [0.2, 0.25) is 0 Å². The van der Waals surface area contributed by atoms with Crippen LogP contribution in [0.2, 0.25) is 0 Å². The minimum atomic E-state index is 0.0176. The summed E-state index contributed by atoms with van der Waals surface area (Å²) in [5.74, 6) is 0. The quantitative estimate of drug-likeness (QED) is 0.151. The Kier molecular flexibility index (Phi) is 10.5. The predicted octanol–water partition coefficient (Wildman–Crippen LogP) is 21.5. The predicted molar refractivity (Wildman–Crippen MR) is 343 cm³/mol. The first-order chi connectivity index (χ1) is 38.8. The van der Waals surface area contributed by atoms with Gasteiger partial charge < -0.3 is 18.6 Å². The molecule has 0 aliphatic heterocycles. The monoisotopic (exact) mass is 1030 g/mol. The van der Waals surface area contributed by atoms with Crippen molar-refractivity contribution in [2.45, 2.75) is 66.2 Å². The maximum absolute atomic E-state index is 2.57. The van der Waals surface area contributed by atoms with E-state index in [1.54, 1.807) is 0 Å². The number of aromatic nitrogens is 2. The first kappa shape index (κ1) is 47.8. The fraction of sp³-hybridized carbons (Fsp3) is 0.132. The molecule has 4 aromatic heterocycles. The molecule has 15 rings (SSSR count). The Hall–Kier alpha value is -9.38. The van der Waals surface area contributed by atoms with Gasteiger partial charge in [0.15, 0.2) is 0 Å². The van der Waals surface area contributed by atoms with Gasteiger partial charge in [0.25, 0.3) is 0 Å². The van der Waals surface area contributed by atoms with Crippen LogP contribution >= 0.6 is 0 Å². The molecular weight excluding hydrogens is 969 g/mol. The first-order valence-electron chi connectivity index (χ1n) is 28.3. The van der Waals surface area contributed by atoms with Crippen molar-refractivity contribution < 1.29 is 0 Å². The summed E-state index contributed by atoms with van der Waals surface area (Å²) in [7, 11) is 0. The molecular formula is C76H62N4. The van der Waals surface area contributed by atoms with Crippen molar-refractivity contribution in [3.8, 4) is 22.3 Å². The maximum atomic E-state index is 2.57. The van der Waals surface area contributed by atoms with Crippen molar-refractivity contribution in [1.82, 2.24) is 8.80 Å². The van der Waals surface area contributed by atoms with E-state index in [4.69, 9.17) is 0 Å². The topological polar surface area (TPSA) is 15.3 Å². The summed E-state index contributed by atoms with van der Waals surface area (Å²) in [6.45, 7) is 18.2. The number of hydrogen-bond donors (Lipinski definition) is 0. The number of fused-ring (bicyclic) bond motifs is 12. The molecule has 0 fully saturated rings. The van der Waals surface area contributed by atoms with E-state index in [0.29, 0.717) is 0 Å². The standard InChI is InChI=1S/C76H62N4/c1-47-27-37-55(49-19-11-9-12-20-49)67(43-47)77(53-33-29-51(30-34-53)75(3,4)5)65-41-39-57-61-45-70-62(46-69(61)79-63-25-17-15-23-59(63)71(65)73(57)79)58-40-42-66(72-60-24-16-18-26-64(60)80(70)74(58)72)78(54-35-31-52(32-36-54)76(6,7)8)68-44-48(2)28-38-56(68)50-21-13-10-14-22-50/h9-46H,1-8H3. The van der Waals surface area contributed by atoms with Gasteiger partial charge in [-0.15, -0.1) is 0 Å². The molecule has 386 valence electrons. The normalized spacial score (nSPS) is 12.5. The highest BCUT2D eigenvalue weighted by Crippen LogP contribution is 2.53. The molecule has 15 aromatic rings. The Morgan fingerprint density at radius 1 is 0.300 bits per heavy atom. The molecule has 4 nitrogen and oxygen atoms in total. The van der Waals surface area contributed by atoms with Gasteiger partial charge in [0.05, 0.1) is 55.8 Å². The fourth-order valence-corrected chi connectivity index (χ4v) is 13.3. The number of rotatable bonds is 8. The number of benzene rings is 11. The Morgan fingerprint density at radius 3 is 1.06 bits per heavy atom. The summed E-state index contributed by atoms with van der Waals surface area (Å²) in [6, 6.07) is 86.8. The number of aryl methyl sites for hydroxylation is 2. The Labute approximate surface area is 467 Å². The summed E-state index contributed by atoms with van der Waals surface area (Å²) >= 11 is 0. The summed E-state index contributed by atoms with van der Waals surface area (Å²) in [6.07, 6.45) is 0. The molecule has 0 atom stereocenters. The lowest BCUT2D eigenvalue weighted by atomic mass is 9.87. The van der Waals surface area contributed by atoms with E-state index in [-0.39, 0.29) is 10.8 Å². The van der Waals surface area contributed by atoms with E-state index in [9.17, 15) is 0 Å². The van der Waals surface area contributed by atoms with Gasteiger partial charge in [-0.1, -0.05) is 199 Å². The van der Waals surface area contributed by atoms with E-state index >= 15 is 0 Å². The largest absolute Gasteiger partial charge is 0.309 e. The third kappa shape index (κ3) is 7.21. The van der Waals surface area contributed by atoms with Crippen molar-refractivity contribution in [2.24, 2.45) is 0 Å². The molecule has 80 heavy (non-hydrogen) atoms. The molecule has 4 heteroatoms. The minimum Gasteiger partial charge on any atom is -0.309 e. The molecule has 0 spiro atoms. The van der Waals surface area contributed by atoms with Gasteiger partial charge in [-0.25, -0.2) is 0 Å². The lowest BCUT2D eigenvalue weighted by Crippen LogP contribution is -2.14. The molecule has 0 saturated heterocycles. The van der Waals surface area contributed by atoms with Crippen LogP contribution in [0.5, 0.6) is 0 Å². The third-order valence-corrected chi connectivity index (χ3v) is 17.2. The average molecular weight is 1030 g/mol.